The minimum atomic E-state index is 0.340. The lowest BCUT2D eigenvalue weighted by atomic mass is 10.1. The van der Waals surface area contributed by atoms with Crippen LogP contribution in [-0.2, 0) is 0 Å². The molecule has 3 aromatic rings. The molecule has 0 saturated carbocycles. The number of rotatable bonds is 2. The van der Waals surface area contributed by atoms with Gasteiger partial charge in [0.1, 0.15) is 0 Å². The Balaban J connectivity index is 2.06. The van der Waals surface area contributed by atoms with Gasteiger partial charge in [-0.15, -0.1) is 0 Å². The van der Waals surface area contributed by atoms with Crippen LogP contribution in [0.2, 0.25) is 0 Å². The summed E-state index contributed by atoms with van der Waals surface area (Å²) in [6.07, 6.45) is 1.82. The van der Waals surface area contributed by atoms with Gasteiger partial charge in [0.15, 0.2) is 0 Å². The molecular formula is C18H17N3. The van der Waals surface area contributed by atoms with Gasteiger partial charge in [0.2, 0.25) is 0 Å². The normalized spacial score (nSPS) is 10.4. The molecule has 21 heavy (non-hydrogen) atoms. The van der Waals surface area contributed by atoms with Crippen molar-refractivity contribution in [2.75, 3.05) is 5.32 Å². The van der Waals surface area contributed by atoms with Crippen molar-refractivity contribution in [3.8, 4) is 11.8 Å². The van der Waals surface area contributed by atoms with E-state index in [9.17, 15) is 0 Å². The molecule has 0 unspecified atom stereocenters. The molecule has 0 aliphatic carbocycles. The predicted molar refractivity (Wildman–Crippen MR) is 87.5 cm³/mol. The molecule has 3 heteroatoms. The quantitative estimate of drug-likeness (QED) is 0.684. The third-order valence-electron chi connectivity index (χ3n) is 3.13. The van der Waals surface area contributed by atoms with Gasteiger partial charge < -0.3 is 5.32 Å². The van der Waals surface area contributed by atoms with Crippen molar-refractivity contribution in [1.29, 1.82) is 0 Å². The summed E-state index contributed by atoms with van der Waals surface area (Å²) in [7, 11) is 0. The summed E-state index contributed by atoms with van der Waals surface area (Å²) in [4.78, 5) is 0. The Hall–Kier alpha value is -2.73. The lowest BCUT2D eigenvalue weighted by Gasteiger charge is -2.09. The van der Waals surface area contributed by atoms with Crippen LogP contribution in [0.5, 0.6) is 0 Å². The van der Waals surface area contributed by atoms with Crippen molar-refractivity contribution >= 4 is 22.3 Å². The molecule has 2 N–H and O–H groups in total. The van der Waals surface area contributed by atoms with Crippen molar-refractivity contribution in [2.24, 2.45) is 5.92 Å². The maximum Gasteiger partial charge on any atom is 0.0664 e. The zero-order chi connectivity index (χ0) is 14.7. The number of benzene rings is 2. The number of hydrogen-bond donors (Lipinski definition) is 2. The molecule has 0 spiro atoms. The zero-order valence-corrected chi connectivity index (χ0v) is 12.1. The van der Waals surface area contributed by atoms with Gasteiger partial charge in [-0.25, -0.2) is 0 Å². The first-order valence-corrected chi connectivity index (χ1v) is 7.03. The highest BCUT2D eigenvalue weighted by molar-refractivity contribution is 5.86. The molecular weight excluding hydrogens is 258 g/mol. The van der Waals surface area contributed by atoms with E-state index < -0.39 is 0 Å². The second kappa shape index (κ2) is 5.72. The molecule has 0 atom stereocenters. The molecule has 3 rings (SSSR count). The maximum absolute atomic E-state index is 4.08. The number of anilines is 2. The van der Waals surface area contributed by atoms with Crippen LogP contribution in [0.15, 0.2) is 48.7 Å². The fraction of sp³-hybridized carbons (Fsp3) is 0.167. The van der Waals surface area contributed by atoms with Gasteiger partial charge in [-0.05, 0) is 24.3 Å². The second-order valence-electron chi connectivity index (χ2n) is 5.27. The van der Waals surface area contributed by atoms with E-state index in [1.807, 2.05) is 42.6 Å². The van der Waals surface area contributed by atoms with Crippen LogP contribution in [0.3, 0.4) is 0 Å². The molecule has 0 amide bonds. The summed E-state index contributed by atoms with van der Waals surface area (Å²) in [6, 6.07) is 14.2. The molecule has 0 aliphatic heterocycles. The Morgan fingerprint density at radius 3 is 2.71 bits per heavy atom. The highest BCUT2D eigenvalue weighted by atomic mass is 15.1. The van der Waals surface area contributed by atoms with Crippen LogP contribution in [-0.4, -0.2) is 10.2 Å². The van der Waals surface area contributed by atoms with Gasteiger partial charge in [0, 0.05) is 17.0 Å². The lowest BCUT2D eigenvalue weighted by molar-refractivity contribution is 0.866. The van der Waals surface area contributed by atoms with Crippen molar-refractivity contribution in [1.82, 2.24) is 10.2 Å². The molecule has 2 aromatic carbocycles. The lowest BCUT2D eigenvalue weighted by Crippen LogP contribution is -1.94. The minimum absolute atomic E-state index is 0.340. The van der Waals surface area contributed by atoms with E-state index in [4.69, 9.17) is 0 Å². The summed E-state index contributed by atoms with van der Waals surface area (Å²) in [5.74, 6) is 6.81. The van der Waals surface area contributed by atoms with Crippen LogP contribution < -0.4 is 5.32 Å². The third kappa shape index (κ3) is 3.06. The topological polar surface area (TPSA) is 40.7 Å². The van der Waals surface area contributed by atoms with E-state index in [0.29, 0.717) is 5.92 Å². The van der Waals surface area contributed by atoms with Crippen molar-refractivity contribution in [3.63, 3.8) is 0 Å². The van der Waals surface area contributed by atoms with Gasteiger partial charge in [-0.3, -0.25) is 5.10 Å². The number of nitrogens with zero attached hydrogens (tertiary/aromatic N) is 1. The summed E-state index contributed by atoms with van der Waals surface area (Å²) in [6.45, 7) is 4.18. The van der Waals surface area contributed by atoms with Crippen LogP contribution in [0, 0.1) is 17.8 Å². The highest BCUT2D eigenvalue weighted by Gasteiger charge is 2.05. The first-order chi connectivity index (χ1) is 10.2. The fourth-order valence-electron chi connectivity index (χ4n) is 2.10. The molecule has 3 nitrogen and oxygen atoms in total. The number of hydrogen-bond acceptors (Lipinski definition) is 2. The average Bonchev–Trinajstić information content (AvgIpc) is 2.93. The molecule has 0 fully saturated rings. The number of aromatic amines is 1. The SMILES string of the molecule is CC(C)C#Cc1cc2[nH]ncc2cc1Nc1ccccc1. The summed E-state index contributed by atoms with van der Waals surface area (Å²) < 4.78 is 0. The molecule has 0 radical (unpaired) electrons. The van der Waals surface area contributed by atoms with Gasteiger partial charge in [-0.1, -0.05) is 43.9 Å². The number of fused-ring (bicyclic) bond motifs is 1. The van der Waals surface area contributed by atoms with E-state index >= 15 is 0 Å². The van der Waals surface area contributed by atoms with Crippen LogP contribution in [0.25, 0.3) is 10.9 Å². The van der Waals surface area contributed by atoms with Crippen molar-refractivity contribution in [3.05, 3.63) is 54.2 Å². The van der Waals surface area contributed by atoms with Crippen LogP contribution >= 0.6 is 0 Å². The second-order valence-corrected chi connectivity index (χ2v) is 5.27. The first-order valence-electron chi connectivity index (χ1n) is 7.03. The zero-order valence-electron chi connectivity index (χ0n) is 12.1. The molecule has 0 saturated heterocycles. The highest BCUT2D eigenvalue weighted by Crippen LogP contribution is 2.25. The average molecular weight is 275 g/mol. The van der Waals surface area contributed by atoms with Gasteiger partial charge >= 0.3 is 0 Å². The Labute approximate surface area is 124 Å². The largest absolute Gasteiger partial charge is 0.354 e. The molecule has 1 aromatic heterocycles. The van der Waals surface area contributed by atoms with Crippen LogP contribution in [0.1, 0.15) is 19.4 Å². The van der Waals surface area contributed by atoms with Crippen molar-refractivity contribution in [2.45, 2.75) is 13.8 Å². The summed E-state index contributed by atoms with van der Waals surface area (Å²) >= 11 is 0. The fourth-order valence-corrected chi connectivity index (χ4v) is 2.10. The standard InChI is InChI=1S/C18H17N3/c1-13(2)8-9-14-10-18-15(12-19-21-18)11-17(14)20-16-6-4-3-5-7-16/h3-7,10-13,20H,1-2H3,(H,19,21). The Morgan fingerprint density at radius 1 is 1.14 bits per heavy atom. The third-order valence-corrected chi connectivity index (χ3v) is 3.13. The van der Waals surface area contributed by atoms with Crippen molar-refractivity contribution < 1.29 is 0 Å². The van der Waals surface area contributed by atoms with E-state index in [1.54, 1.807) is 0 Å². The smallest absolute Gasteiger partial charge is 0.0664 e. The predicted octanol–water partition coefficient (Wildman–Crippen LogP) is 4.31. The maximum atomic E-state index is 4.08. The number of aromatic nitrogens is 2. The van der Waals surface area contributed by atoms with E-state index in [2.05, 4.69) is 47.3 Å². The summed E-state index contributed by atoms with van der Waals surface area (Å²) in [5, 5.41) is 11.6. The molecule has 0 aliphatic rings. The number of para-hydroxylation sites is 1. The van der Waals surface area contributed by atoms with Gasteiger partial charge in [0.25, 0.3) is 0 Å². The molecule has 0 bridgehead atoms. The van der Waals surface area contributed by atoms with E-state index in [0.717, 1.165) is 27.8 Å². The molecule has 104 valence electrons. The molecule has 1 heterocycles. The van der Waals surface area contributed by atoms with Crippen LogP contribution in [0.4, 0.5) is 11.4 Å². The van der Waals surface area contributed by atoms with E-state index in [-0.39, 0.29) is 0 Å². The first kappa shape index (κ1) is 13.3. The van der Waals surface area contributed by atoms with Gasteiger partial charge in [0.05, 0.1) is 23.0 Å². The Kier molecular flexibility index (Phi) is 3.61. The minimum Gasteiger partial charge on any atom is -0.354 e. The Morgan fingerprint density at radius 2 is 1.95 bits per heavy atom. The van der Waals surface area contributed by atoms with Gasteiger partial charge in [-0.2, -0.15) is 5.10 Å². The number of H-pyrrole nitrogens is 1. The number of nitrogens with one attached hydrogen (secondary N) is 2. The Bertz CT molecular complexity index is 805. The monoisotopic (exact) mass is 275 g/mol. The summed E-state index contributed by atoms with van der Waals surface area (Å²) in [5.41, 5.74) is 4.03. The van der Waals surface area contributed by atoms with E-state index in [1.165, 1.54) is 0 Å².